The molecule has 2 aromatic rings. The van der Waals surface area contributed by atoms with E-state index in [4.69, 9.17) is 11.2 Å². The summed E-state index contributed by atoms with van der Waals surface area (Å²) in [4.78, 5) is 41.2. The number of rotatable bonds is 1. The Balaban J connectivity index is 2.36. The van der Waals surface area contributed by atoms with Crippen LogP contribution in [0.2, 0.25) is 0 Å². The smallest absolute Gasteiger partial charge is 0.264 e. The lowest BCUT2D eigenvalue weighted by Gasteiger charge is -2.24. The summed E-state index contributed by atoms with van der Waals surface area (Å²) < 4.78 is 32.4. The normalized spacial score (nSPS) is 27.8. The fourth-order valence-corrected chi connectivity index (χ4v) is 2.38. The second-order valence-corrected chi connectivity index (χ2v) is 4.73. The number of nitrogens with two attached hydrogens (primary N) is 1. The largest absolute Gasteiger partial charge is 0.398 e. The van der Waals surface area contributed by atoms with E-state index >= 15 is 0 Å². The van der Waals surface area contributed by atoms with Gasteiger partial charge in [0.2, 0.25) is 0 Å². The molecule has 1 aliphatic carbocycles. The fraction of sp³-hybridized carbons (Fsp3) is 0.333. The summed E-state index contributed by atoms with van der Waals surface area (Å²) in [5.41, 5.74) is 5.37. The number of hydrogen-bond donors (Lipinski definition) is 1. The van der Waals surface area contributed by atoms with Crippen molar-refractivity contribution in [3.8, 4) is 0 Å². The van der Waals surface area contributed by atoms with E-state index in [0.29, 0.717) is 4.57 Å². The van der Waals surface area contributed by atoms with Gasteiger partial charge in [-0.05, 0) is 25.5 Å². The average molecular weight is 289 g/mol. The number of aromatic nitrogens is 2. The molecule has 1 heterocycles. The van der Waals surface area contributed by atoms with E-state index in [1.165, 1.54) is 12.1 Å². The molecule has 0 amide bonds. The highest BCUT2D eigenvalue weighted by Crippen LogP contribution is 2.24. The zero-order valence-corrected chi connectivity index (χ0v) is 11.0. The first-order chi connectivity index (χ1) is 11.6. The number of hydrogen-bond acceptors (Lipinski definition) is 5. The number of nitrogen functional groups attached to an aromatic ring is 1. The third-order valence-corrected chi connectivity index (χ3v) is 3.37. The molecular weight excluding hydrogens is 270 g/mol. The van der Waals surface area contributed by atoms with E-state index < -0.39 is 49.3 Å². The summed E-state index contributed by atoms with van der Waals surface area (Å²) in [6.45, 7) is -0.495. The number of Topliss-reactive ketones (excluding diaryl/α,β-unsaturated/α-hetero) is 2. The van der Waals surface area contributed by atoms with Crippen molar-refractivity contribution in [3.63, 3.8) is 0 Å². The summed E-state index contributed by atoms with van der Waals surface area (Å²) in [5, 5.41) is -0.00316. The molecule has 0 spiro atoms. The molecule has 1 aliphatic rings. The van der Waals surface area contributed by atoms with Gasteiger partial charge in [-0.2, -0.15) is 0 Å². The molecule has 108 valence electrons. The van der Waals surface area contributed by atoms with Crippen LogP contribution in [-0.4, -0.2) is 21.1 Å². The summed E-state index contributed by atoms with van der Waals surface area (Å²) in [6.07, 6.45) is -4.03. The van der Waals surface area contributed by atoms with Gasteiger partial charge in [0.15, 0.2) is 5.78 Å². The van der Waals surface area contributed by atoms with Crippen molar-refractivity contribution in [2.24, 2.45) is 0 Å². The van der Waals surface area contributed by atoms with E-state index in [2.05, 4.69) is 4.98 Å². The van der Waals surface area contributed by atoms with Crippen LogP contribution in [0.5, 0.6) is 0 Å². The number of carbonyl (C=O) groups excluding carboxylic acids is 2. The number of anilines is 1. The second kappa shape index (κ2) is 4.80. The Hall–Kier alpha value is -2.50. The van der Waals surface area contributed by atoms with Crippen molar-refractivity contribution in [1.82, 2.24) is 9.55 Å². The quantitative estimate of drug-likeness (QED) is 0.627. The second-order valence-electron chi connectivity index (χ2n) is 4.73. The van der Waals surface area contributed by atoms with E-state index in [9.17, 15) is 14.4 Å². The van der Waals surface area contributed by atoms with E-state index in [1.807, 2.05) is 0 Å². The summed E-state index contributed by atoms with van der Waals surface area (Å²) in [7, 11) is 0. The van der Waals surface area contributed by atoms with Crippen molar-refractivity contribution in [1.29, 1.82) is 0 Å². The van der Waals surface area contributed by atoms with Gasteiger partial charge in [-0.1, -0.05) is 6.07 Å². The molecule has 0 radical (unpaired) electrons. The van der Waals surface area contributed by atoms with Gasteiger partial charge in [0.05, 0.1) is 24.7 Å². The van der Waals surface area contributed by atoms with Gasteiger partial charge in [0.1, 0.15) is 11.6 Å². The number of ketones is 2. The Morgan fingerprint density at radius 3 is 3.05 bits per heavy atom. The van der Waals surface area contributed by atoms with E-state index in [1.54, 1.807) is 6.07 Å². The highest BCUT2D eigenvalue weighted by Gasteiger charge is 2.30. The number of fused-ring (bicyclic) bond motifs is 1. The van der Waals surface area contributed by atoms with Crippen LogP contribution < -0.4 is 11.3 Å². The van der Waals surface area contributed by atoms with E-state index in [-0.39, 0.29) is 22.4 Å². The number of nitrogens with zero attached hydrogens (tertiary/aromatic N) is 2. The molecule has 1 atom stereocenters. The van der Waals surface area contributed by atoms with Gasteiger partial charge in [-0.25, -0.2) is 4.98 Å². The summed E-state index contributed by atoms with van der Waals surface area (Å²) in [6, 6.07) is 2.23. The zero-order valence-electron chi connectivity index (χ0n) is 15.0. The third kappa shape index (κ3) is 2.12. The fourth-order valence-electron chi connectivity index (χ4n) is 2.38. The van der Waals surface area contributed by atoms with Crippen LogP contribution in [-0.2, 0) is 9.59 Å². The maximum Gasteiger partial charge on any atom is 0.264 e. The molecule has 1 aromatic carbocycles. The molecule has 6 nitrogen and oxygen atoms in total. The van der Waals surface area contributed by atoms with Crippen LogP contribution in [0.3, 0.4) is 0 Å². The average Bonchev–Trinajstić information content (AvgIpc) is 2.52. The maximum absolute atomic E-state index is 13.0. The van der Waals surface area contributed by atoms with Crippen molar-refractivity contribution in [2.75, 3.05) is 5.73 Å². The van der Waals surface area contributed by atoms with Crippen LogP contribution in [0.4, 0.5) is 5.69 Å². The van der Waals surface area contributed by atoms with Crippen LogP contribution in [0, 0.1) is 6.90 Å². The Kier molecular flexibility index (Phi) is 2.16. The lowest BCUT2D eigenvalue weighted by atomic mass is 9.92. The zero-order chi connectivity index (χ0) is 18.6. The van der Waals surface area contributed by atoms with Gasteiger partial charge in [0, 0.05) is 16.2 Å². The lowest BCUT2D eigenvalue weighted by Crippen LogP contribution is -2.36. The molecule has 0 bridgehead atoms. The monoisotopic (exact) mass is 289 g/mol. The first-order valence-electron chi connectivity index (χ1n) is 8.49. The van der Waals surface area contributed by atoms with Crippen LogP contribution in [0.15, 0.2) is 23.0 Å². The van der Waals surface area contributed by atoms with Crippen molar-refractivity contribution in [2.45, 2.75) is 32.1 Å². The molecule has 2 N–H and O–H groups in total. The van der Waals surface area contributed by atoms with Gasteiger partial charge in [-0.3, -0.25) is 19.0 Å². The maximum atomic E-state index is 13.0. The molecule has 1 unspecified atom stereocenters. The SMILES string of the molecule is [2H]Cc1nc2cccc(N)c2c(=O)n1C1([2H])CC([2H])([2H])C(=O)CC1=O. The molecule has 0 aliphatic heterocycles. The number of aryl methyl sites for hydroxylation is 1. The topological polar surface area (TPSA) is 95.0 Å². The van der Waals surface area contributed by atoms with E-state index in [0.717, 1.165) is 0 Å². The predicted octanol–water partition coefficient (Wildman–Crippen LogP) is 1.15. The van der Waals surface area contributed by atoms with Crippen molar-refractivity contribution in [3.05, 3.63) is 34.4 Å². The third-order valence-electron chi connectivity index (χ3n) is 3.37. The molecule has 1 saturated carbocycles. The first kappa shape index (κ1) is 9.44. The standard InChI is InChI=1S/C15H15N3O3/c1-8-17-11-4-2-3-10(16)14(11)15(21)18(8)12-6-5-9(19)7-13(12)20/h2-4,12H,5-7,16H2,1H3/i1D,5D2,12D. The number of carbonyl (C=O) groups is 2. The van der Waals surface area contributed by atoms with Gasteiger partial charge < -0.3 is 5.73 Å². The Bertz CT molecular complexity index is 972. The van der Waals surface area contributed by atoms with Gasteiger partial charge >= 0.3 is 0 Å². The van der Waals surface area contributed by atoms with Crippen LogP contribution in [0.25, 0.3) is 10.9 Å². The number of benzene rings is 1. The Morgan fingerprint density at radius 2 is 2.29 bits per heavy atom. The highest BCUT2D eigenvalue weighted by atomic mass is 16.2. The molecule has 3 rings (SSSR count). The minimum atomic E-state index is -2.43. The molecule has 6 heteroatoms. The first-order valence-corrected chi connectivity index (χ1v) is 6.28. The van der Waals surface area contributed by atoms with Crippen LogP contribution in [0.1, 0.15) is 36.5 Å². The van der Waals surface area contributed by atoms with Gasteiger partial charge in [-0.15, -0.1) is 0 Å². The lowest BCUT2D eigenvalue weighted by molar-refractivity contribution is -0.132. The predicted molar refractivity (Wildman–Crippen MR) is 78.1 cm³/mol. The van der Waals surface area contributed by atoms with Gasteiger partial charge in [0.25, 0.3) is 5.56 Å². The summed E-state index contributed by atoms with van der Waals surface area (Å²) >= 11 is 0. The molecular formula is C15H15N3O3. The Morgan fingerprint density at radius 1 is 1.48 bits per heavy atom. The molecule has 0 saturated heterocycles. The minimum Gasteiger partial charge on any atom is -0.398 e. The molecule has 1 fully saturated rings. The van der Waals surface area contributed by atoms with Crippen LogP contribution >= 0.6 is 0 Å². The highest BCUT2D eigenvalue weighted by molar-refractivity contribution is 6.03. The van der Waals surface area contributed by atoms with Crippen molar-refractivity contribution >= 4 is 28.2 Å². The molecule has 1 aromatic heterocycles. The van der Waals surface area contributed by atoms with Crippen molar-refractivity contribution < 1.29 is 15.1 Å². The summed E-state index contributed by atoms with van der Waals surface area (Å²) in [5.74, 6) is -1.98. The molecule has 21 heavy (non-hydrogen) atoms. The minimum absolute atomic E-state index is 0.00316. The Labute approximate surface area is 126 Å².